The molecule has 0 atom stereocenters. The van der Waals surface area contributed by atoms with Crippen molar-refractivity contribution in [1.29, 1.82) is 0 Å². The van der Waals surface area contributed by atoms with Crippen molar-refractivity contribution in [3.05, 3.63) is 0 Å². The van der Waals surface area contributed by atoms with E-state index in [0.29, 0.717) is 13.2 Å². The van der Waals surface area contributed by atoms with E-state index < -0.39 is 0 Å². The zero-order valence-electron chi connectivity index (χ0n) is 11.8. The predicted molar refractivity (Wildman–Crippen MR) is 70.7 cm³/mol. The summed E-state index contributed by atoms with van der Waals surface area (Å²) in [6, 6.07) is 0.187. The molecule has 0 spiro atoms. The first-order chi connectivity index (χ1) is 8.48. The maximum absolute atomic E-state index is 12.3. The first kappa shape index (κ1) is 13.6. The van der Waals surface area contributed by atoms with E-state index in [2.05, 4.69) is 25.7 Å². The fourth-order valence-electron chi connectivity index (χ4n) is 2.52. The van der Waals surface area contributed by atoms with Crippen LogP contribution in [0.25, 0.3) is 0 Å². The molecule has 0 saturated carbocycles. The Morgan fingerprint density at radius 3 is 1.89 bits per heavy atom. The third kappa shape index (κ3) is 3.14. The van der Waals surface area contributed by atoms with Crippen LogP contribution in [0.5, 0.6) is 0 Å². The maximum Gasteiger partial charge on any atom is 0.320 e. The summed E-state index contributed by atoms with van der Waals surface area (Å²) in [5.74, 6) is 0. The minimum absolute atomic E-state index is 0.187. The van der Waals surface area contributed by atoms with Crippen molar-refractivity contribution in [1.82, 2.24) is 14.7 Å². The number of ether oxygens (including phenoxy) is 1. The lowest BCUT2D eigenvalue weighted by molar-refractivity contribution is 0.0291. The van der Waals surface area contributed by atoms with Gasteiger partial charge in [-0.1, -0.05) is 0 Å². The minimum atomic E-state index is 0.187. The van der Waals surface area contributed by atoms with Crippen LogP contribution in [0.2, 0.25) is 0 Å². The Morgan fingerprint density at radius 1 is 0.889 bits per heavy atom. The molecule has 0 aromatic carbocycles. The van der Waals surface area contributed by atoms with Crippen molar-refractivity contribution in [2.45, 2.75) is 26.3 Å². The largest absolute Gasteiger partial charge is 0.378 e. The number of piperazine rings is 1. The summed E-state index contributed by atoms with van der Waals surface area (Å²) in [7, 11) is 0. The lowest BCUT2D eigenvalue weighted by atomic mass is 10.1. The Balaban J connectivity index is 1.83. The summed E-state index contributed by atoms with van der Waals surface area (Å²) >= 11 is 0. The standard InChI is InChI=1S/C13H25N3O2/c1-13(2,3)16-6-4-14(5-7-16)12(17)15-8-10-18-11-9-15/h4-11H2,1-3H3. The number of hydrogen-bond donors (Lipinski definition) is 0. The second-order valence-electron chi connectivity index (χ2n) is 6.03. The molecule has 0 aromatic rings. The molecule has 0 aromatic heterocycles. The van der Waals surface area contributed by atoms with Crippen LogP contribution in [0.1, 0.15) is 20.8 Å². The topological polar surface area (TPSA) is 36.0 Å². The van der Waals surface area contributed by atoms with Gasteiger partial charge in [-0.15, -0.1) is 0 Å². The number of hydrogen-bond acceptors (Lipinski definition) is 3. The average Bonchev–Trinajstić information content (AvgIpc) is 2.38. The molecule has 2 amide bonds. The van der Waals surface area contributed by atoms with Crippen molar-refractivity contribution in [2.24, 2.45) is 0 Å². The van der Waals surface area contributed by atoms with Gasteiger partial charge in [0.05, 0.1) is 13.2 Å². The second kappa shape index (κ2) is 5.45. The highest BCUT2D eigenvalue weighted by molar-refractivity contribution is 5.74. The van der Waals surface area contributed by atoms with E-state index in [1.807, 2.05) is 9.80 Å². The number of carbonyl (C=O) groups is 1. The molecule has 5 nitrogen and oxygen atoms in total. The van der Waals surface area contributed by atoms with Crippen LogP contribution < -0.4 is 0 Å². The average molecular weight is 255 g/mol. The number of nitrogens with zero attached hydrogens (tertiary/aromatic N) is 3. The van der Waals surface area contributed by atoms with E-state index >= 15 is 0 Å². The first-order valence-corrected chi connectivity index (χ1v) is 6.85. The number of rotatable bonds is 0. The molecule has 2 fully saturated rings. The van der Waals surface area contributed by atoms with Gasteiger partial charge in [-0.25, -0.2) is 4.79 Å². The molecule has 0 unspecified atom stereocenters. The number of amides is 2. The highest BCUT2D eigenvalue weighted by atomic mass is 16.5. The summed E-state index contributed by atoms with van der Waals surface area (Å²) < 4.78 is 5.28. The highest BCUT2D eigenvalue weighted by Crippen LogP contribution is 2.16. The molecule has 5 heteroatoms. The van der Waals surface area contributed by atoms with Crippen LogP contribution in [0.3, 0.4) is 0 Å². The van der Waals surface area contributed by atoms with E-state index in [-0.39, 0.29) is 11.6 Å². The smallest absolute Gasteiger partial charge is 0.320 e. The molecule has 2 rings (SSSR count). The Hall–Kier alpha value is -0.810. The first-order valence-electron chi connectivity index (χ1n) is 6.85. The fourth-order valence-corrected chi connectivity index (χ4v) is 2.52. The van der Waals surface area contributed by atoms with Crippen LogP contribution in [-0.4, -0.2) is 78.8 Å². The van der Waals surface area contributed by atoms with Gasteiger partial charge < -0.3 is 14.5 Å². The predicted octanol–water partition coefficient (Wildman–Crippen LogP) is 0.855. The highest BCUT2D eigenvalue weighted by Gasteiger charge is 2.30. The number of morpholine rings is 1. The van der Waals surface area contributed by atoms with Gasteiger partial charge in [-0.3, -0.25) is 4.90 Å². The maximum atomic E-state index is 12.3. The molecule has 2 aliphatic rings. The van der Waals surface area contributed by atoms with Gasteiger partial charge in [-0.2, -0.15) is 0 Å². The van der Waals surface area contributed by atoms with Gasteiger partial charge in [0.15, 0.2) is 0 Å². The molecule has 0 bridgehead atoms. The molecular formula is C13H25N3O2. The van der Waals surface area contributed by atoms with Crippen LogP contribution in [0.15, 0.2) is 0 Å². The van der Waals surface area contributed by atoms with Crippen molar-refractivity contribution in [3.8, 4) is 0 Å². The molecule has 2 aliphatic heterocycles. The molecule has 2 heterocycles. The van der Waals surface area contributed by atoms with Crippen molar-refractivity contribution in [3.63, 3.8) is 0 Å². The van der Waals surface area contributed by atoms with Gasteiger partial charge in [-0.05, 0) is 20.8 Å². The Morgan fingerprint density at radius 2 is 1.39 bits per heavy atom. The van der Waals surface area contributed by atoms with E-state index in [9.17, 15) is 4.79 Å². The second-order valence-corrected chi connectivity index (χ2v) is 6.03. The monoisotopic (exact) mass is 255 g/mol. The summed E-state index contributed by atoms with van der Waals surface area (Å²) in [4.78, 5) is 18.6. The molecule has 2 saturated heterocycles. The van der Waals surface area contributed by atoms with Crippen molar-refractivity contribution < 1.29 is 9.53 Å². The summed E-state index contributed by atoms with van der Waals surface area (Å²) in [5, 5.41) is 0. The number of urea groups is 1. The molecule has 104 valence electrons. The third-order valence-electron chi connectivity index (χ3n) is 3.78. The summed E-state index contributed by atoms with van der Waals surface area (Å²) in [6.45, 7) is 13.1. The Bertz CT molecular complexity index is 287. The van der Waals surface area contributed by atoms with E-state index in [1.54, 1.807) is 0 Å². The SMILES string of the molecule is CC(C)(C)N1CCN(C(=O)N2CCOCC2)CC1. The quantitative estimate of drug-likeness (QED) is 0.644. The Labute approximate surface area is 110 Å². The van der Waals surface area contributed by atoms with Gasteiger partial charge in [0.2, 0.25) is 0 Å². The third-order valence-corrected chi connectivity index (χ3v) is 3.78. The van der Waals surface area contributed by atoms with Gasteiger partial charge >= 0.3 is 6.03 Å². The molecule has 18 heavy (non-hydrogen) atoms. The zero-order valence-corrected chi connectivity index (χ0v) is 11.8. The van der Waals surface area contributed by atoms with E-state index in [0.717, 1.165) is 39.3 Å². The van der Waals surface area contributed by atoms with E-state index in [1.165, 1.54) is 0 Å². The molecule has 0 N–H and O–H groups in total. The molecular weight excluding hydrogens is 230 g/mol. The minimum Gasteiger partial charge on any atom is -0.378 e. The van der Waals surface area contributed by atoms with Crippen molar-refractivity contribution in [2.75, 3.05) is 52.5 Å². The fraction of sp³-hybridized carbons (Fsp3) is 0.923. The van der Waals surface area contributed by atoms with Crippen LogP contribution in [0, 0.1) is 0 Å². The van der Waals surface area contributed by atoms with Crippen LogP contribution >= 0.6 is 0 Å². The summed E-state index contributed by atoms with van der Waals surface area (Å²) in [6.07, 6.45) is 0. The lowest BCUT2D eigenvalue weighted by Gasteiger charge is -2.43. The van der Waals surface area contributed by atoms with Gasteiger partial charge in [0, 0.05) is 44.8 Å². The normalized spacial score (nSPS) is 23.3. The van der Waals surface area contributed by atoms with Gasteiger partial charge in [0.1, 0.15) is 0 Å². The van der Waals surface area contributed by atoms with Crippen molar-refractivity contribution >= 4 is 6.03 Å². The van der Waals surface area contributed by atoms with Gasteiger partial charge in [0.25, 0.3) is 0 Å². The molecule has 0 radical (unpaired) electrons. The summed E-state index contributed by atoms with van der Waals surface area (Å²) in [5.41, 5.74) is 0.202. The molecule has 0 aliphatic carbocycles. The Kier molecular flexibility index (Phi) is 4.12. The van der Waals surface area contributed by atoms with Crippen LogP contribution in [0.4, 0.5) is 4.79 Å². The number of carbonyl (C=O) groups excluding carboxylic acids is 1. The lowest BCUT2D eigenvalue weighted by Crippen LogP contribution is -2.57. The van der Waals surface area contributed by atoms with E-state index in [4.69, 9.17) is 4.74 Å². The zero-order chi connectivity index (χ0) is 13.2. The van der Waals surface area contributed by atoms with Crippen LogP contribution in [-0.2, 0) is 4.74 Å².